The van der Waals surface area contributed by atoms with Crippen molar-refractivity contribution in [1.29, 1.82) is 0 Å². The van der Waals surface area contributed by atoms with Crippen LogP contribution in [0.1, 0.15) is 37.6 Å². The van der Waals surface area contributed by atoms with Crippen LogP contribution >= 0.6 is 0 Å². The van der Waals surface area contributed by atoms with Gasteiger partial charge in [0.2, 0.25) is 0 Å². The van der Waals surface area contributed by atoms with Crippen molar-refractivity contribution < 1.29 is 14.3 Å². The minimum Gasteiger partial charge on any atom is -0.497 e. The second kappa shape index (κ2) is 9.00. The van der Waals surface area contributed by atoms with E-state index in [2.05, 4.69) is 10.2 Å². The van der Waals surface area contributed by atoms with Gasteiger partial charge in [-0.15, -0.1) is 0 Å². The Balaban J connectivity index is 1.82. The lowest BCUT2D eigenvalue weighted by molar-refractivity contribution is -0.118. The number of carbonyl (C=O) groups excluding carboxylic acids is 1. The predicted octanol–water partition coefficient (Wildman–Crippen LogP) is 2.52. The number of carbonyl (C=O) groups is 1. The number of fused-ring (bicyclic) bond motifs is 1. The largest absolute Gasteiger partial charge is 0.497 e. The van der Waals surface area contributed by atoms with Gasteiger partial charge in [-0.25, -0.2) is 4.68 Å². The summed E-state index contributed by atoms with van der Waals surface area (Å²) >= 11 is 0. The highest BCUT2D eigenvalue weighted by atomic mass is 16.5. The molecule has 0 bridgehead atoms. The molecular weight excluding hydrogens is 372 g/mol. The second-order valence-electron chi connectivity index (χ2n) is 7.12. The zero-order chi connectivity index (χ0) is 21.0. The lowest BCUT2D eigenvalue weighted by atomic mass is 10.2. The number of aryl methyl sites for hydroxylation is 1. The number of methoxy groups -OCH3 is 1. The van der Waals surface area contributed by atoms with E-state index in [1.54, 1.807) is 24.9 Å². The molecular formula is C21H26N4O4. The third kappa shape index (κ3) is 4.71. The maximum absolute atomic E-state index is 13.0. The van der Waals surface area contributed by atoms with Gasteiger partial charge in [0.15, 0.2) is 0 Å². The van der Waals surface area contributed by atoms with Crippen LogP contribution in [-0.2, 0) is 16.1 Å². The molecule has 0 aliphatic heterocycles. The van der Waals surface area contributed by atoms with Crippen LogP contribution in [0.15, 0.2) is 35.3 Å². The maximum atomic E-state index is 13.0. The van der Waals surface area contributed by atoms with E-state index in [-0.39, 0.29) is 17.4 Å². The fourth-order valence-corrected chi connectivity index (χ4v) is 3.15. The topological polar surface area (TPSA) is 88.2 Å². The molecule has 0 saturated carbocycles. The standard InChI is InChI=1S/C21H26N4O4/c1-14(13-29-10-9-15(2)26)25-19-11-22-24(21(27)20(19)16(3)23-25)12-17-5-7-18(28-4)8-6-17/h5-8,11,14H,9-10,12-13H2,1-4H3. The van der Waals surface area contributed by atoms with Crippen LogP contribution in [0.5, 0.6) is 5.75 Å². The lowest BCUT2D eigenvalue weighted by Gasteiger charge is -2.14. The smallest absolute Gasteiger partial charge is 0.278 e. The van der Waals surface area contributed by atoms with Crippen molar-refractivity contribution >= 4 is 16.7 Å². The van der Waals surface area contributed by atoms with Crippen LogP contribution in [0.4, 0.5) is 0 Å². The van der Waals surface area contributed by atoms with Crippen LogP contribution < -0.4 is 10.3 Å². The highest BCUT2D eigenvalue weighted by Crippen LogP contribution is 2.18. The Hall–Kier alpha value is -3.00. The van der Waals surface area contributed by atoms with Gasteiger partial charge in [0.1, 0.15) is 11.5 Å². The Morgan fingerprint density at radius 2 is 1.97 bits per heavy atom. The molecule has 0 N–H and O–H groups in total. The average Bonchev–Trinajstić information content (AvgIpc) is 3.05. The van der Waals surface area contributed by atoms with Crippen molar-refractivity contribution in [3.8, 4) is 5.75 Å². The molecule has 0 aliphatic rings. The molecule has 1 aromatic carbocycles. The summed E-state index contributed by atoms with van der Waals surface area (Å²) < 4.78 is 14.0. The molecule has 0 aliphatic carbocycles. The number of rotatable bonds is 9. The lowest BCUT2D eigenvalue weighted by Crippen LogP contribution is -2.24. The molecule has 0 amide bonds. The molecule has 0 radical (unpaired) electrons. The summed E-state index contributed by atoms with van der Waals surface area (Å²) in [5, 5.41) is 9.44. The monoisotopic (exact) mass is 398 g/mol. The zero-order valence-electron chi connectivity index (χ0n) is 17.2. The van der Waals surface area contributed by atoms with Gasteiger partial charge in [-0.1, -0.05) is 12.1 Å². The summed E-state index contributed by atoms with van der Waals surface area (Å²) in [4.78, 5) is 24.0. The SMILES string of the molecule is COc1ccc(Cn2ncc3c(c(C)nn3C(C)COCCC(C)=O)c2=O)cc1. The first-order valence-electron chi connectivity index (χ1n) is 9.55. The number of hydrogen-bond acceptors (Lipinski definition) is 6. The molecule has 1 atom stereocenters. The molecule has 2 aromatic heterocycles. The Kier molecular flexibility index (Phi) is 6.43. The maximum Gasteiger partial charge on any atom is 0.278 e. The summed E-state index contributed by atoms with van der Waals surface area (Å²) in [6.07, 6.45) is 2.07. The molecule has 29 heavy (non-hydrogen) atoms. The van der Waals surface area contributed by atoms with Crippen LogP contribution in [0.2, 0.25) is 0 Å². The molecule has 0 saturated heterocycles. The van der Waals surface area contributed by atoms with Gasteiger partial charge in [-0.05, 0) is 38.5 Å². The van der Waals surface area contributed by atoms with Crippen molar-refractivity contribution in [3.05, 3.63) is 52.1 Å². The van der Waals surface area contributed by atoms with Gasteiger partial charge in [0.05, 0.1) is 55.7 Å². The number of hydrogen-bond donors (Lipinski definition) is 0. The van der Waals surface area contributed by atoms with Crippen molar-refractivity contribution in [2.45, 2.75) is 39.8 Å². The summed E-state index contributed by atoms with van der Waals surface area (Å²) in [7, 11) is 1.62. The Labute approximate surface area is 169 Å². The minimum absolute atomic E-state index is 0.0863. The minimum atomic E-state index is -0.174. The van der Waals surface area contributed by atoms with Gasteiger partial charge in [-0.2, -0.15) is 10.2 Å². The van der Waals surface area contributed by atoms with E-state index in [0.717, 1.165) is 11.3 Å². The Morgan fingerprint density at radius 1 is 1.24 bits per heavy atom. The van der Waals surface area contributed by atoms with Crippen molar-refractivity contribution in [2.24, 2.45) is 0 Å². The van der Waals surface area contributed by atoms with Crippen molar-refractivity contribution in [2.75, 3.05) is 20.3 Å². The summed E-state index contributed by atoms with van der Waals surface area (Å²) in [5.74, 6) is 0.862. The van der Waals surface area contributed by atoms with Crippen molar-refractivity contribution in [1.82, 2.24) is 19.6 Å². The number of ketones is 1. The first-order chi connectivity index (χ1) is 13.9. The van der Waals surface area contributed by atoms with E-state index in [0.29, 0.717) is 42.8 Å². The van der Waals surface area contributed by atoms with Crippen LogP contribution in [0.25, 0.3) is 10.9 Å². The van der Waals surface area contributed by atoms with E-state index in [9.17, 15) is 9.59 Å². The number of aromatic nitrogens is 4. The summed E-state index contributed by atoms with van der Waals surface area (Å²) in [5.41, 5.74) is 2.12. The first-order valence-corrected chi connectivity index (χ1v) is 9.55. The Bertz CT molecular complexity index is 1050. The quantitative estimate of drug-likeness (QED) is 0.515. The molecule has 3 aromatic rings. The van der Waals surface area contributed by atoms with E-state index in [1.807, 2.05) is 38.1 Å². The van der Waals surface area contributed by atoms with Crippen molar-refractivity contribution in [3.63, 3.8) is 0 Å². The highest BCUT2D eigenvalue weighted by molar-refractivity contribution is 5.80. The number of Topliss-reactive ketones (excluding diaryl/α,β-unsaturated/α-hetero) is 1. The summed E-state index contributed by atoms with van der Waals surface area (Å²) in [6, 6.07) is 7.45. The molecule has 8 nitrogen and oxygen atoms in total. The first kappa shape index (κ1) is 20.7. The molecule has 154 valence electrons. The van der Waals surface area contributed by atoms with E-state index >= 15 is 0 Å². The van der Waals surface area contributed by atoms with Gasteiger partial charge < -0.3 is 9.47 Å². The highest BCUT2D eigenvalue weighted by Gasteiger charge is 2.17. The number of benzene rings is 1. The van der Waals surface area contributed by atoms with E-state index < -0.39 is 0 Å². The Morgan fingerprint density at radius 3 is 2.62 bits per heavy atom. The van der Waals surface area contributed by atoms with Crippen LogP contribution in [0, 0.1) is 6.92 Å². The van der Waals surface area contributed by atoms with Gasteiger partial charge >= 0.3 is 0 Å². The predicted molar refractivity (Wildman–Crippen MR) is 109 cm³/mol. The average molecular weight is 398 g/mol. The van der Waals surface area contributed by atoms with E-state index in [4.69, 9.17) is 9.47 Å². The third-order valence-corrected chi connectivity index (χ3v) is 4.76. The van der Waals surface area contributed by atoms with Gasteiger partial charge in [0.25, 0.3) is 5.56 Å². The fourth-order valence-electron chi connectivity index (χ4n) is 3.15. The number of nitrogens with zero attached hydrogens (tertiary/aromatic N) is 4. The molecule has 1 unspecified atom stereocenters. The molecule has 3 rings (SSSR count). The summed E-state index contributed by atoms with van der Waals surface area (Å²) in [6.45, 7) is 6.47. The van der Waals surface area contributed by atoms with Gasteiger partial charge in [-0.3, -0.25) is 14.3 Å². The normalized spacial score (nSPS) is 12.3. The second-order valence-corrected chi connectivity index (χ2v) is 7.12. The van der Waals surface area contributed by atoms with Crippen LogP contribution in [0.3, 0.4) is 0 Å². The zero-order valence-corrected chi connectivity index (χ0v) is 17.2. The molecule has 2 heterocycles. The molecule has 0 spiro atoms. The third-order valence-electron chi connectivity index (χ3n) is 4.76. The number of ether oxygens (including phenoxy) is 2. The molecule has 8 heteroatoms. The van der Waals surface area contributed by atoms with Crippen LogP contribution in [-0.4, -0.2) is 45.7 Å². The molecule has 0 fully saturated rings. The fraction of sp³-hybridized carbons (Fsp3) is 0.429. The van der Waals surface area contributed by atoms with E-state index in [1.165, 1.54) is 4.68 Å². The van der Waals surface area contributed by atoms with Gasteiger partial charge in [0, 0.05) is 6.42 Å².